The Bertz CT molecular complexity index is 1270. The van der Waals surface area contributed by atoms with Crippen molar-refractivity contribution in [3.05, 3.63) is 121 Å². The molecule has 0 aliphatic heterocycles. The van der Waals surface area contributed by atoms with E-state index in [-0.39, 0.29) is 22.6 Å². The molecule has 0 bridgehead atoms. The number of nitrogens with zero attached hydrogens (tertiary/aromatic N) is 1. The van der Waals surface area contributed by atoms with Gasteiger partial charge in [0.2, 0.25) is 5.88 Å². The Morgan fingerprint density at radius 1 is 0.780 bits per heavy atom. The van der Waals surface area contributed by atoms with Crippen molar-refractivity contribution in [2.75, 3.05) is 0 Å². The number of hydrogen-bond acceptors (Lipinski definition) is 4. The first kappa shape index (κ1) is 32.1. The van der Waals surface area contributed by atoms with E-state index in [0.717, 1.165) is 15.9 Å². The van der Waals surface area contributed by atoms with Crippen LogP contribution in [0.5, 0.6) is 0 Å². The lowest BCUT2D eigenvalue weighted by Gasteiger charge is -2.46. The molecule has 0 aliphatic rings. The van der Waals surface area contributed by atoms with Crippen LogP contribution in [-0.4, -0.2) is 27.8 Å². The Hall–Kier alpha value is -3.40. The van der Waals surface area contributed by atoms with E-state index >= 15 is 0 Å². The van der Waals surface area contributed by atoms with Crippen LogP contribution in [0.15, 0.2) is 116 Å². The highest BCUT2D eigenvalue weighted by Gasteiger charge is 2.54. The van der Waals surface area contributed by atoms with E-state index in [2.05, 4.69) is 85.5 Å². The molecule has 1 amide bonds. The molecule has 0 N–H and O–H groups in total. The third-order valence-corrected chi connectivity index (χ3v) is 16.8. The second kappa shape index (κ2) is 13.1. The summed E-state index contributed by atoms with van der Waals surface area (Å²) in [6, 6.07) is 30.0. The number of amides is 1. The topological polar surface area (TPSA) is 48.0 Å². The number of hydroxylamine groups is 2. The Morgan fingerprint density at radius 2 is 1.24 bits per heavy atom. The predicted octanol–water partition coefficient (Wildman–Crippen LogP) is 8.17. The van der Waals surface area contributed by atoms with Gasteiger partial charge in [-0.3, -0.25) is 4.53 Å². The highest BCUT2D eigenvalue weighted by Crippen LogP contribution is 2.41. The maximum atomic E-state index is 14.1. The molecule has 0 spiro atoms. The fraction of sp³-hybridized carbons (Fsp3) is 0.324. The number of hydrogen-bond donors (Lipinski definition) is 0. The number of benzene rings is 3. The molecular weight excluding hydrogens is 543 g/mol. The zero-order chi connectivity index (χ0) is 30.3. The van der Waals surface area contributed by atoms with Crippen LogP contribution in [0.2, 0.25) is 23.2 Å². The fourth-order valence-electron chi connectivity index (χ4n) is 4.37. The minimum absolute atomic E-state index is 0.0990. The van der Waals surface area contributed by atoms with E-state index in [1.54, 1.807) is 12.2 Å². The maximum absolute atomic E-state index is 14.1. The molecule has 0 fully saturated rings. The molecule has 3 aromatic rings. The summed E-state index contributed by atoms with van der Waals surface area (Å²) in [6.07, 6.45) is 2.67. The van der Waals surface area contributed by atoms with Crippen molar-refractivity contribution in [1.82, 2.24) is 5.06 Å². The van der Waals surface area contributed by atoms with E-state index < -0.39 is 22.7 Å². The summed E-state index contributed by atoms with van der Waals surface area (Å²) in [6.45, 7) is 21.3. The first-order valence-electron chi connectivity index (χ1n) is 14.1. The molecule has 0 heterocycles. The largest absolute Gasteiger partial charge is 0.530 e. The minimum Gasteiger partial charge on any atom is -0.530 e. The van der Waals surface area contributed by atoms with Gasteiger partial charge in [-0.1, -0.05) is 145 Å². The third kappa shape index (κ3) is 7.47. The summed E-state index contributed by atoms with van der Waals surface area (Å²) in [4.78, 5) is 14.1. The average molecular weight is 588 g/mol. The minimum atomic E-state index is -3.21. The van der Waals surface area contributed by atoms with Crippen molar-refractivity contribution < 1.29 is 18.5 Å². The average Bonchev–Trinajstić information content (AvgIpc) is 2.92. The zero-order valence-electron chi connectivity index (χ0n) is 25.8. The highest BCUT2D eigenvalue weighted by atomic mass is 28.4. The van der Waals surface area contributed by atoms with Gasteiger partial charge in [0.15, 0.2) is 0 Å². The van der Waals surface area contributed by atoms with Crippen LogP contribution in [0.4, 0.5) is 4.79 Å². The Labute approximate surface area is 248 Å². The number of rotatable bonds is 10. The number of carbonyl (C=O) groups excluding carboxylic acids is 1. The van der Waals surface area contributed by atoms with Crippen molar-refractivity contribution in [2.45, 2.75) is 71.3 Å². The summed E-state index contributed by atoms with van der Waals surface area (Å²) < 4.78 is 19.8. The number of carbonyl (C=O) groups is 1. The molecule has 0 radical (unpaired) electrons. The van der Waals surface area contributed by atoms with E-state index in [1.165, 1.54) is 5.06 Å². The van der Waals surface area contributed by atoms with E-state index in [9.17, 15) is 4.79 Å². The van der Waals surface area contributed by atoms with Gasteiger partial charge in [0, 0.05) is 0 Å². The molecule has 3 aromatic carbocycles. The normalized spacial score (nSPS) is 12.9. The molecule has 0 unspecified atom stereocenters. The van der Waals surface area contributed by atoms with Crippen molar-refractivity contribution in [3.8, 4) is 0 Å². The van der Waals surface area contributed by atoms with Crippen LogP contribution in [0, 0.1) is 0 Å². The summed E-state index contributed by atoms with van der Waals surface area (Å²) in [5, 5.41) is 2.81. The standard InChI is InChI=1S/C34H45NO4Si2/c1-10-20-31(38-40(8,9)33(2,3)4)35(32(36)37-27-28-21-14-11-15-22-28)39-41(34(5,6)7,29-23-16-12-17-24-29)30-25-18-13-19-26-30/h10-26H,1,27H2,2-9H3/b31-20-. The molecule has 0 saturated heterocycles. The number of allylic oxidation sites excluding steroid dienone is 2. The zero-order valence-corrected chi connectivity index (χ0v) is 27.8. The predicted molar refractivity (Wildman–Crippen MR) is 174 cm³/mol. The van der Waals surface area contributed by atoms with Gasteiger partial charge in [0.25, 0.3) is 16.6 Å². The van der Waals surface area contributed by atoms with Crippen molar-refractivity contribution in [2.24, 2.45) is 0 Å². The summed E-state index contributed by atoms with van der Waals surface area (Å²) in [5.41, 5.74) is 0.880. The first-order chi connectivity index (χ1) is 19.2. The Kier molecular flexibility index (Phi) is 10.2. The summed E-state index contributed by atoms with van der Waals surface area (Å²) in [7, 11) is -5.62. The summed E-state index contributed by atoms with van der Waals surface area (Å²) >= 11 is 0. The molecule has 3 rings (SSSR count). The molecule has 5 nitrogen and oxygen atoms in total. The van der Waals surface area contributed by atoms with Gasteiger partial charge in [-0.15, -0.1) is 5.06 Å². The van der Waals surface area contributed by atoms with Gasteiger partial charge in [-0.05, 0) is 45.2 Å². The highest BCUT2D eigenvalue weighted by molar-refractivity contribution is 6.99. The molecule has 218 valence electrons. The lowest BCUT2D eigenvalue weighted by molar-refractivity contribution is -0.0597. The van der Waals surface area contributed by atoms with Crippen LogP contribution in [-0.2, 0) is 20.3 Å². The maximum Gasteiger partial charge on any atom is 0.440 e. The number of ether oxygens (including phenoxy) is 1. The first-order valence-corrected chi connectivity index (χ1v) is 18.9. The van der Waals surface area contributed by atoms with Crippen molar-refractivity contribution in [1.29, 1.82) is 0 Å². The molecule has 7 heteroatoms. The second-order valence-corrected chi connectivity index (χ2v) is 21.6. The van der Waals surface area contributed by atoms with Gasteiger partial charge in [0.1, 0.15) is 6.61 Å². The van der Waals surface area contributed by atoms with Gasteiger partial charge < -0.3 is 9.16 Å². The molecule has 41 heavy (non-hydrogen) atoms. The van der Waals surface area contributed by atoms with Gasteiger partial charge >= 0.3 is 6.09 Å². The van der Waals surface area contributed by atoms with Crippen molar-refractivity contribution >= 4 is 33.1 Å². The summed E-state index contributed by atoms with van der Waals surface area (Å²) in [5.74, 6) is 0.276. The molecule has 0 aromatic heterocycles. The Morgan fingerprint density at radius 3 is 1.66 bits per heavy atom. The molecular formula is C34H45NO4Si2. The fourth-order valence-corrected chi connectivity index (χ4v) is 9.66. The van der Waals surface area contributed by atoms with Gasteiger partial charge in [0.05, 0.1) is 0 Å². The quantitative estimate of drug-likeness (QED) is 0.104. The van der Waals surface area contributed by atoms with Crippen LogP contribution in [0.25, 0.3) is 0 Å². The lowest BCUT2D eigenvalue weighted by Crippen LogP contribution is -2.69. The molecule has 0 aliphatic carbocycles. The van der Waals surface area contributed by atoms with E-state index in [0.29, 0.717) is 0 Å². The van der Waals surface area contributed by atoms with Crippen LogP contribution in [0.3, 0.4) is 0 Å². The molecule has 0 atom stereocenters. The Balaban J connectivity index is 2.22. The van der Waals surface area contributed by atoms with Crippen LogP contribution >= 0.6 is 0 Å². The van der Waals surface area contributed by atoms with Gasteiger partial charge in [-0.25, -0.2) is 4.79 Å². The van der Waals surface area contributed by atoms with Crippen LogP contribution in [0.1, 0.15) is 47.1 Å². The second-order valence-electron chi connectivity index (χ2n) is 12.7. The SMILES string of the molecule is C=C/C=C(\O[Si](C)(C)C(C)(C)C)N(O[Si](c1ccccc1)(c1ccccc1)C(C)(C)C)C(=O)OCc1ccccc1. The van der Waals surface area contributed by atoms with Crippen molar-refractivity contribution in [3.63, 3.8) is 0 Å². The van der Waals surface area contributed by atoms with Crippen LogP contribution < -0.4 is 10.4 Å². The van der Waals surface area contributed by atoms with Gasteiger partial charge in [-0.2, -0.15) is 0 Å². The van der Waals surface area contributed by atoms with E-state index in [4.69, 9.17) is 13.7 Å². The lowest BCUT2D eigenvalue weighted by atomic mass is 10.2. The van der Waals surface area contributed by atoms with E-state index in [1.807, 2.05) is 66.7 Å². The monoisotopic (exact) mass is 587 g/mol. The smallest absolute Gasteiger partial charge is 0.440 e. The molecule has 0 saturated carbocycles. The third-order valence-electron chi connectivity index (χ3n) is 7.64.